The Hall–Kier alpha value is -2.43. The molecule has 1 aliphatic rings. The van der Waals surface area contributed by atoms with Crippen molar-refractivity contribution in [1.29, 1.82) is 0 Å². The monoisotopic (exact) mass is 403 g/mol. The Morgan fingerprint density at radius 1 is 0.893 bits per heavy atom. The first-order valence-corrected chi connectivity index (χ1v) is 8.97. The minimum absolute atomic E-state index is 0. The standard InChI is InChI=1S/C14H14FN.C9H9FO.ClH/c1-16(11-12-6-3-2-4-7-12)14-9-5-8-13(15)10-14;10-7-3-1-2-6(4-7)8-5-9(8)11;/h2-10H,11H2,1H3;1-4,8-9,11H,5H2;1H. The van der Waals surface area contributed by atoms with Crippen LogP contribution in [0.25, 0.3) is 0 Å². The first-order valence-electron chi connectivity index (χ1n) is 8.97. The zero-order chi connectivity index (χ0) is 19.2. The molecule has 28 heavy (non-hydrogen) atoms. The molecule has 0 aliphatic heterocycles. The largest absolute Gasteiger partial charge is 0.392 e. The SMILES string of the molecule is CN(Cc1ccccc1)c1cccc(F)c1.Cl.OC1CC1c1cccc(F)c1. The molecule has 2 unspecified atom stereocenters. The summed E-state index contributed by atoms with van der Waals surface area (Å²) in [4.78, 5) is 2.03. The molecular formula is C23H24ClF2NO. The Bertz CT molecular complexity index is 875. The highest BCUT2D eigenvalue weighted by molar-refractivity contribution is 5.85. The number of nitrogens with zero attached hydrogens (tertiary/aromatic N) is 1. The van der Waals surface area contributed by atoms with E-state index >= 15 is 0 Å². The zero-order valence-corrected chi connectivity index (χ0v) is 16.4. The third-order valence-electron chi connectivity index (χ3n) is 4.55. The Balaban J connectivity index is 0.000000205. The molecule has 0 bridgehead atoms. The molecule has 148 valence electrons. The lowest BCUT2D eigenvalue weighted by Gasteiger charge is -2.19. The van der Waals surface area contributed by atoms with Gasteiger partial charge in [-0.3, -0.25) is 0 Å². The maximum atomic E-state index is 13.0. The van der Waals surface area contributed by atoms with Crippen molar-refractivity contribution in [2.24, 2.45) is 0 Å². The lowest BCUT2D eigenvalue weighted by molar-refractivity contribution is 0.271. The van der Waals surface area contributed by atoms with Crippen molar-refractivity contribution in [2.75, 3.05) is 11.9 Å². The van der Waals surface area contributed by atoms with Crippen LogP contribution in [0.1, 0.15) is 23.5 Å². The van der Waals surface area contributed by atoms with E-state index in [1.54, 1.807) is 18.2 Å². The van der Waals surface area contributed by atoms with E-state index in [0.29, 0.717) is 0 Å². The smallest absolute Gasteiger partial charge is 0.125 e. The molecule has 1 saturated carbocycles. The van der Waals surface area contributed by atoms with Crippen LogP contribution in [0.2, 0.25) is 0 Å². The molecule has 3 aromatic rings. The Labute approximate surface area is 170 Å². The third-order valence-corrected chi connectivity index (χ3v) is 4.55. The molecule has 0 heterocycles. The normalized spacial score (nSPS) is 17.0. The first kappa shape index (κ1) is 21.9. The Morgan fingerprint density at radius 3 is 2.07 bits per heavy atom. The van der Waals surface area contributed by atoms with E-state index in [-0.39, 0.29) is 36.1 Å². The van der Waals surface area contributed by atoms with Crippen LogP contribution < -0.4 is 4.90 Å². The van der Waals surface area contributed by atoms with Gasteiger partial charge in [-0.05, 0) is 47.9 Å². The summed E-state index contributed by atoms with van der Waals surface area (Å²) in [6.07, 6.45) is 0.542. The van der Waals surface area contributed by atoms with Gasteiger partial charge in [-0.15, -0.1) is 12.4 Å². The topological polar surface area (TPSA) is 23.5 Å². The summed E-state index contributed by atoms with van der Waals surface area (Å²) in [5.41, 5.74) is 3.02. The first-order chi connectivity index (χ1) is 13.0. The average molecular weight is 404 g/mol. The van der Waals surface area contributed by atoms with Crippen molar-refractivity contribution >= 4 is 18.1 Å². The fourth-order valence-electron chi connectivity index (χ4n) is 2.94. The zero-order valence-electron chi connectivity index (χ0n) is 15.6. The van der Waals surface area contributed by atoms with Crippen LogP contribution in [-0.4, -0.2) is 18.3 Å². The number of anilines is 1. The lowest BCUT2D eigenvalue weighted by Crippen LogP contribution is -2.16. The molecule has 5 heteroatoms. The highest BCUT2D eigenvalue weighted by atomic mass is 35.5. The lowest BCUT2D eigenvalue weighted by atomic mass is 10.1. The predicted octanol–water partition coefficient (Wildman–Crippen LogP) is 5.56. The van der Waals surface area contributed by atoms with E-state index in [0.717, 1.165) is 24.2 Å². The van der Waals surface area contributed by atoms with Gasteiger partial charge in [0, 0.05) is 25.2 Å². The Kier molecular flexibility index (Phi) is 7.97. The minimum Gasteiger partial charge on any atom is -0.392 e. The predicted molar refractivity (Wildman–Crippen MR) is 112 cm³/mol. The summed E-state index contributed by atoms with van der Waals surface area (Å²) in [6, 6.07) is 23.2. The molecule has 2 atom stereocenters. The van der Waals surface area contributed by atoms with E-state index in [1.807, 2.05) is 42.3 Å². The molecule has 0 spiro atoms. The summed E-state index contributed by atoms with van der Waals surface area (Å²) < 4.78 is 25.6. The molecule has 1 aliphatic carbocycles. The van der Waals surface area contributed by atoms with Crippen molar-refractivity contribution in [3.63, 3.8) is 0 Å². The highest BCUT2D eigenvalue weighted by Crippen LogP contribution is 2.40. The Morgan fingerprint density at radius 2 is 1.50 bits per heavy atom. The maximum Gasteiger partial charge on any atom is 0.125 e. The van der Waals surface area contributed by atoms with Crippen LogP contribution in [0.15, 0.2) is 78.9 Å². The van der Waals surface area contributed by atoms with Crippen molar-refractivity contribution in [3.05, 3.63) is 102 Å². The van der Waals surface area contributed by atoms with Gasteiger partial charge >= 0.3 is 0 Å². The van der Waals surface area contributed by atoms with Gasteiger partial charge in [0.2, 0.25) is 0 Å². The van der Waals surface area contributed by atoms with Gasteiger partial charge in [0.25, 0.3) is 0 Å². The molecule has 0 saturated heterocycles. The molecule has 0 amide bonds. The number of aliphatic hydroxyl groups is 1. The third kappa shape index (κ3) is 6.32. The average Bonchev–Trinajstić information content (AvgIpc) is 3.40. The van der Waals surface area contributed by atoms with Gasteiger partial charge in [0.1, 0.15) is 11.6 Å². The van der Waals surface area contributed by atoms with Crippen LogP contribution in [0.5, 0.6) is 0 Å². The second-order valence-corrected chi connectivity index (χ2v) is 6.79. The van der Waals surface area contributed by atoms with Gasteiger partial charge in [0.05, 0.1) is 6.10 Å². The van der Waals surface area contributed by atoms with E-state index in [4.69, 9.17) is 5.11 Å². The summed E-state index contributed by atoms with van der Waals surface area (Å²) in [5.74, 6) is -0.232. The second kappa shape index (κ2) is 10.2. The minimum atomic E-state index is -0.239. The van der Waals surface area contributed by atoms with E-state index in [9.17, 15) is 8.78 Å². The van der Waals surface area contributed by atoms with Crippen LogP contribution >= 0.6 is 12.4 Å². The van der Waals surface area contributed by atoms with Crippen LogP contribution in [0, 0.1) is 11.6 Å². The van der Waals surface area contributed by atoms with Crippen molar-refractivity contribution in [2.45, 2.75) is 25.0 Å². The fraction of sp³-hybridized carbons (Fsp3) is 0.217. The van der Waals surface area contributed by atoms with Gasteiger partial charge < -0.3 is 10.0 Å². The number of hydrogen-bond acceptors (Lipinski definition) is 2. The van der Waals surface area contributed by atoms with Crippen molar-refractivity contribution in [1.82, 2.24) is 0 Å². The molecule has 0 radical (unpaired) electrons. The number of hydrogen-bond donors (Lipinski definition) is 1. The molecular weight excluding hydrogens is 380 g/mol. The molecule has 1 N–H and O–H groups in total. The number of rotatable bonds is 4. The molecule has 2 nitrogen and oxygen atoms in total. The molecule has 3 aromatic carbocycles. The fourth-order valence-corrected chi connectivity index (χ4v) is 2.94. The van der Waals surface area contributed by atoms with Crippen molar-refractivity contribution in [3.8, 4) is 0 Å². The van der Waals surface area contributed by atoms with Crippen molar-refractivity contribution < 1.29 is 13.9 Å². The van der Waals surface area contributed by atoms with E-state index in [1.165, 1.54) is 23.8 Å². The van der Waals surface area contributed by atoms with E-state index in [2.05, 4.69) is 12.1 Å². The van der Waals surface area contributed by atoms with Crippen LogP contribution in [0.4, 0.5) is 14.5 Å². The number of benzene rings is 3. The summed E-state index contributed by atoms with van der Waals surface area (Å²) in [6.45, 7) is 0.782. The van der Waals surface area contributed by atoms with Gasteiger partial charge in [-0.25, -0.2) is 8.78 Å². The molecule has 4 rings (SSSR count). The maximum absolute atomic E-state index is 13.0. The number of halogens is 3. The van der Waals surface area contributed by atoms with Crippen LogP contribution in [-0.2, 0) is 6.54 Å². The van der Waals surface area contributed by atoms with Gasteiger partial charge in [-0.2, -0.15) is 0 Å². The second-order valence-electron chi connectivity index (χ2n) is 6.79. The highest BCUT2D eigenvalue weighted by Gasteiger charge is 2.36. The summed E-state index contributed by atoms with van der Waals surface area (Å²) in [7, 11) is 1.96. The number of aliphatic hydroxyl groups excluding tert-OH is 1. The van der Waals surface area contributed by atoms with Gasteiger partial charge in [-0.1, -0.05) is 48.5 Å². The molecule has 0 aromatic heterocycles. The van der Waals surface area contributed by atoms with Crippen LogP contribution in [0.3, 0.4) is 0 Å². The van der Waals surface area contributed by atoms with E-state index < -0.39 is 0 Å². The van der Waals surface area contributed by atoms with Gasteiger partial charge in [0.15, 0.2) is 0 Å². The summed E-state index contributed by atoms with van der Waals surface area (Å²) >= 11 is 0. The molecule has 1 fully saturated rings. The summed E-state index contributed by atoms with van der Waals surface area (Å²) in [5, 5.41) is 9.05. The quantitative estimate of drug-likeness (QED) is 0.616.